The zero-order valence-electron chi connectivity index (χ0n) is 12.2. The molecule has 2 rings (SSSR count). The molecule has 0 aliphatic carbocycles. The number of rotatable bonds is 4. The zero-order chi connectivity index (χ0) is 16.3. The smallest absolute Gasteiger partial charge is 0.308 e. The Balaban J connectivity index is 2.48. The molecule has 116 valence electrons. The van der Waals surface area contributed by atoms with E-state index in [0.717, 1.165) is 0 Å². The molecule has 0 atom stereocenters. The lowest BCUT2D eigenvalue weighted by Crippen LogP contribution is -2.04. The maximum Gasteiger partial charge on any atom is 0.308 e. The van der Waals surface area contributed by atoms with Crippen LogP contribution < -0.4 is 4.74 Å². The van der Waals surface area contributed by atoms with Gasteiger partial charge in [0.15, 0.2) is 9.84 Å². The molecule has 0 saturated carbocycles. The Kier molecular flexibility index (Phi) is 4.88. The van der Waals surface area contributed by atoms with Crippen molar-refractivity contribution in [1.82, 2.24) is 0 Å². The molecule has 0 N–H and O–H groups in total. The fourth-order valence-corrected chi connectivity index (χ4v) is 3.04. The first-order valence-electron chi connectivity index (χ1n) is 6.64. The lowest BCUT2D eigenvalue weighted by molar-refractivity contribution is -0.131. The van der Waals surface area contributed by atoms with Crippen molar-refractivity contribution >= 4 is 27.4 Å². The summed E-state index contributed by atoms with van der Waals surface area (Å²) in [6, 6.07) is 11.3. The van der Waals surface area contributed by atoms with E-state index in [1.807, 2.05) is 0 Å². The Morgan fingerprint density at radius 2 is 1.77 bits per heavy atom. The highest BCUT2D eigenvalue weighted by Gasteiger charge is 2.13. The quantitative estimate of drug-likeness (QED) is 0.629. The molecule has 6 heteroatoms. The molecule has 0 fully saturated rings. The van der Waals surface area contributed by atoms with Gasteiger partial charge >= 0.3 is 5.97 Å². The maximum absolute atomic E-state index is 11.8. The molecule has 0 heterocycles. The highest BCUT2D eigenvalue weighted by Crippen LogP contribution is 2.33. The Hall–Kier alpha value is -1.85. The van der Waals surface area contributed by atoms with Crippen molar-refractivity contribution in [3.63, 3.8) is 0 Å². The molecule has 0 unspecified atom stereocenters. The van der Waals surface area contributed by atoms with Gasteiger partial charge in [0.05, 0.1) is 10.6 Å². The van der Waals surface area contributed by atoms with Gasteiger partial charge in [-0.25, -0.2) is 8.42 Å². The van der Waals surface area contributed by atoms with E-state index in [0.29, 0.717) is 21.9 Å². The standard InChI is InChI=1S/C16H15ClO4S/c1-3-22(19,20)14-7-4-12(5-8-14)15-10-13(17)6-9-16(15)21-11(2)18/h4-10H,3H2,1-2H3. The van der Waals surface area contributed by atoms with Crippen LogP contribution in [0.5, 0.6) is 5.75 Å². The van der Waals surface area contributed by atoms with Crippen molar-refractivity contribution in [2.24, 2.45) is 0 Å². The van der Waals surface area contributed by atoms with Crippen molar-refractivity contribution in [2.75, 3.05) is 5.75 Å². The Morgan fingerprint density at radius 1 is 1.14 bits per heavy atom. The number of hydrogen-bond acceptors (Lipinski definition) is 4. The van der Waals surface area contributed by atoms with Crippen LogP contribution in [0.25, 0.3) is 11.1 Å². The molecule has 0 amide bonds. The molecule has 0 bridgehead atoms. The molecule has 2 aromatic rings. The minimum absolute atomic E-state index is 0.0439. The molecule has 0 radical (unpaired) electrons. The van der Waals surface area contributed by atoms with Crippen molar-refractivity contribution in [1.29, 1.82) is 0 Å². The van der Waals surface area contributed by atoms with E-state index in [9.17, 15) is 13.2 Å². The Morgan fingerprint density at radius 3 is 2.32 bits per heavy atom. The third-order valence-electron chi connectivity index (χ3n) is 3.10. The van der Waals surface area contributed by atoms with Crippen LogP contribution in [-0.2, 0) is 14.6 Å². The van der Waals surface area contributed by atoms with Crippen molar-refractivity contribution in [3.05, 3.63) is 47.5 Å². The minimum atomic E-state index is -3.25. The fourth-order valence-electron chi connectivity index (χ4n) is 1.98. The zero-order valence-corrected chi connectivity index (χ0v) is 13.7. The first kappa shape index (κ1) is 16.5. The van der Waals surface area contributed by atoms with Gasteiger partial charge in [0, 0.05) is 17.5 Å². The third kappa shape index (κ3) is 3.67. The van der Waals surface area contributed by atoms with E-state index in [4.69, 9.17) is 16.3 Å². The van der Waals surface area contributed by atoms with Gasteiger partial charge in [-0.1, -0.05) is 30.7 Å². The SMILES string of the molecule is CCS(=O)(=O)c1ccc(-c2cc(Cl)ccc2OC(C)=O)cc1. The Labute approximate surface area is 134 Å². The molecule has 0 spiro atoms. The van der Waals surface area contributed by atoms with Gasteiger partial charge in [0.1, 0.15) is 5.75 Å². The van der Waals surface area contributed by atoms with Crippen molar-refractivity contribution < 1.29 is 17.9 Å². The molecule has 4 nitrogen and oxygen atoms in total. The summed E-state index contributed by atoms with van der Waals surface area (Å²) in [7, 11) is -3.25. The molecular weight excluding hydrogens is 324 g/mol. The summed E-state index contributed by atoms with van der Waals surface area (Å²) in [4.78, 5) is 11.4. The predicted molar refractivity (Wildman–Crippen MR) is 85.9 cm³/mol. The lowest BCUT2D eigenvalue weighted by Gasteiger charge is -2.10. The van der Waals surface area contributed by atoms with E-state index in [-0.39, 0.29) is 10.6 Å². The van der Waals surface area contributed by atoms with Gasteiger partial charge in [-0.2, -0.15) is 0 Å². The number of carbonyl (C=O) groups is 1. The van der Waals surface area contributed by atoms with Crippen LogP contribution in [0.4, 0.5) is 0 Å². The van der Waals surface area contributed by atoms with Gasteiger partial charge in [0.25, 0.3) is 0 Å². The molecule has 0 aliphatic heterocycles. The summed E-state index contributed by atoms with van der Waals surface area (Å²) < 4.78 is 28.8. The average molecular weight is 339 g/mol. The molecule has 22 heavy (non-hydrogen) atoms. The van der Waals surface area contributed by atoms with Gasteiger partial charge in [0.2, 0.25) is 0 Å². The fraction of sp³-hybridized carbons (Fsp3) is 0.188. The predicted octanol–water partition coefficient (Wildman–Crippen LogP) is 3.73. The molecular formula is C16H15ClO4S. The number of carbonyl (C=O) groups excluding carboxylic acids is 1. The van der Waals surface area contributed by atoms with Crippen LogP contribution >= 0.6 is 11.6 Å². The van der Waals surface area contributed by atoms with Crippen LogP contribution in [0.1, 0.15) is 13.8 Å². The summed E-state index contributed by atoms with van der Waals surface area (Å²) in [6.45, 7) is 2.91. The normalized spacial score (nSPS) is 11.2. The largest absolute Gasteiger partial charge is 0.426 e. The second-order valence-corrected chi connectivity index (χ2v) is 7.38. The van der Waals surface area contributed by atoms with Crippen LogP contribution in [0.15, 0.2) is 47.4 Å². The van der Waals surface area contributed by atoms with Gasteiger partial charge in [-0.05, 0) is 35.9 Å². The highest BCUT2D eigenvalue weighted by molar-refractivity contribution is 7.91. The van der Waals surface area contributed by atoms with Crippen LogP contribution in [0.2, 0.25) is 5.02 Å². The molecule has 0 saturated heterocycles. The first-order valence-corrected chi connectivity index (χ1v) is 8.67. The first-order chi connectivity index (χ1) is 10.3. The monoisotopic (exact) mass is 338 g/mol. The summed E-state index contributed by atoms with van der Waals surface area (Å²) in [5.74, 6) is -0.0147. The summed E-state index contributed by atoms with van der Waals surface area (Å²) in [5, 5.41) is 0.496. The number of ether oxygens (including phenoxy) is 1. The molecule has 0 aliphatic rings. The van der Waals surface area contributed by atoms with Crippen molar-refractivity contribution in [2.45, 2.75) is 18.7 Å². The molecule has 2 aromatic carbocycles. The number of benzene rings is 2. The second-order valence-electron chi connectivity index (χ2n) is 4.66. The minimum Gasteiger partial charge on any atom is -0.426 e. The van der Waals surface area contributed by atoms with E-state index in [1.165, 1.54) is 19.1 Å². The highest BCUT2D eigenvalue weighted by atomic mass is 35.5. The molecule has 0 aromatic heterocycles. The summed E-state index contributed by atoms with van der Waals surface area (Å²) >= 11 is 5.99. The van der Waals surface area contributed by atoms with Gasteiger partial charge in [-0.3, -0.25) is 4.79 Å². The van der Waals surface area contributed by atoms with Crippen molar-refractivity contribution in [3.8, 4) is 16.9 Å². The van der Waals surface area contributed by atoms with Crippen LogP contribution in [0, 0.1) is 0 Å². The number of hydrogen-bond donors (Lipinski definition) is 0. The number of halogens is 1. The average Bonchev–Trinajstić information content (AvgIpc) is 2.49. The topological polar surface area (TPSA) is 60.4 Å². The van der Waals surface area contributed by atoms with Gasteiger partial charge < -0.3 is 4.74 Å². The Bertz CT molecular complexity index is 795. The van der Waals surface area contributed by atoms with Crippen LogP contribution in [-0.4, -0.2) is 20.1 Å². The van der Waals surface area contributed by atoms with E-state index >= 15 is 0 Å². The van der Waals surface area contributed by atoms with E-state index < -0.39 is 15.8 Å². The summed E-state index contributed by atoms with van der Waals surface area (Å²) in [5.41, 5.74) is 1.34. The van der Waals surface area contributed by atoms with E-state index in [2.05, 4.69) is 0 Å². The maximum atomic E-state index is 11.8. The third-order valence-corrected chi connectivity index (χ3v) is 5.09. The van der Waals surface area contributed by atoms with Gasteiger partial charge in [-0.15, -0.1) is 0 Å². The summed E-state index contributed by atoms with van der Waals surface area (Å²) in [6.07, 6.45) is 0. The van der Waals surface area contributed by atoms with Crippen LogP contribution in [0.3, 0.4) is 0 Å². The number of esters is 1. The lowest BCUT2D eigenvalue weighted by atomic mass is 10.0. The second kappa shape index (κ2) is 6.50. The number of sulfone groups is 1. The van der Waals surface area contributed by atoms with E-state index in [1.54, 1.807) is 37.3 Å².